The van der Waals surface area contributed by atoms with Gasteiger partial charge in [-0.1, -0.05) is 0 Å². The SMILES string of the molecule is CN1CCC(S(=O)(=O)n2ccc3c4nc(-c5ccc(NC(=O)Nc6ccncc6)cc5)nc(N5CCOCC5)c4ccc32)CC1. The van der Waals surface area contributed by atoms with E-state index in [1.165, 1.54) is 3.97 Å². The number of ether oxygens (including phenoxy) is 1. The van der Waals surface area contributed by atoms with E-state index in [0.717, 1.165) is 35.2 Å². The quantitative estimate of drug-likeness (QED) is 0.281. The van der Waals surface area contributed by atoms with Crippen LogP contribution in [0.4, 0.5) is 22.0 Å². The number of likely N-dealkylation sites (tertiary alicyclic amines) is 1. The zero-order chi connectivity index (χ0) is 31.0. The number of urea groups is 1. The number of pyridine rings is 1. The zero-order valence-electron chi connectivity index (χ0n) is 24.9. The average molecular weight is 627 g/mol. The Morgan fingerprint density at radius 3 is 2.24 bits per heavy atom. The standard InChI is InChI=1S/C32H34N8O4S/c1-38-15-10-25(11-16-38)45(42,43)40-17-12-26-28(40)7-6-27-29(26)36-30(37-31(27)39-18-20-44-21-19-39)22-2-4-23(5-3-22)34-32(41)35-24-8-13-33-14-9-24/h2-9,12-14,17,25H,10-11,15-16,18-21H2,1H3,(H2,33,34,35,41). The van der Waals surface area contributed by atoms with E-state index in [-0.39, 0.29) is 6.03 Å². The smallest absolute Gasteiger partial charge is 0.323 e. The summed E-state index contributed by atoms with van der Waals surface area (Å²) in [5.41, 5.74) is 3.31. The number of carbonyl (C=O) groups excluding carboxylic acids is 1. The Balaban J connectivity index is 1.25. The molecule has 2 N–H and O–H groups in total. The topological polar surface area (TPSA) is 135 Å². The molecule has 0 bridgehead atoms. The Hall–Kier alpha value is -4.59. The van der Waals surface area contributed by atoms with Crippen molar-refractivity contribution in [2.45, 2.75) is 18.1 Å². The van der Waals surface area contributed by atoms with Crippen molar-refractivity contribution in [3.8, 4) is 11.4 Å². The molecule has 232 valence electrons. The fourth-order valence-corrected chi connectivity index (χ4v) is 7.80. The molecule has 2 saturated heterocycles. The van der Waals surface area contributed by atoms with Gasteiger partial charge in [0.15, 0.2) is 5.82 Å². The number of benzene rings is 2. The molecule has 2 aliphatic rings. The number of rotatable bonds is 6. The van der Waals surface area contributed by atoms with Gasteiger partial charge in [0.2, 0.25) is 10.0 Å². The normalized spacial score (nSPS) is 16.7. The molecule has 45 heavy (non-hydrogen) atoms. The van der Waals surface area contributed by atoms with Crippen molar-refractivity contribution in [1.29, 1.82) is 0 Å². The second-order valence-corrected chi connectivity index (χ2v) is 13.5. The third-order valence-electron chi connectivity index (χ3n) is 8.49. The number of hydrogen-bond acceptors (Lipinski definition) is 9. The zero-order valence-corrected chi connectivity index (χ0v) is 25.7. The molecule has 12 nitrogen and oxygen atoms in total. The van der Waals surface area contributed by atoms with Gasteiger partial charge in [-0.25, -0.2) is 27.2 Å². The highest BCUT2D eigenvalue weighted by Crippen LogP contribution is 2.35. The van der Waals surface area contributed by atoms with Crippen LogP contribution in [0.5, 0.6) is 0 Å². The molecule has 0 unspecified atom stereocenters. The number of morpholine rings is 1. The van der Waals surface area contributed by atoms with Gasteiger partial charge >= 0.3 is 6.03 Å². The van der Waals surface area contributed by atoms with Crippen LogP contribution in [0.25, 0.3) is 33.2 Å². The van der Waals surface area contributed by atoms with Gasteiger partial charge < -0.3 is 25.2 Å². The lowest BCUT2D eigenvalue weighted by atomic mass is 10.1. The van der Waals surface area contributed by atoms with Gasteiger partial charge in [-0.05, 0) is 87.6 Å². The van der Waals surface area contributed by atoms with E-state index in [2.05, 4.69) is 25.4 Å². The summed E-state index contributed by atoms with van der Waals surface area (Å²) in [5, 5.41) is 6.80. The van der Waals surface area contributed by atoms with E-state index in [1.807, 2.05) is 37.4 Å². The highest BCUT2D eigenvalue weighted by molar-refractivity contribution is 7.90. The van der Waals surface area contributed by atoms with Gasteiger partial charge in [-0.15, -0.1) is 0 Å². The minimum absolute atomic E-state index is 0.368. The van der Waals surface area contributed by atoms with Crippen LogP contribution < -0.4 is 15.5 Å². The van der Waals surface area contributed by atoms with Crippen LogP contribution in [0.1, 0.15) is 12.8 Å². The number of fused-ring (bicyclic) bond motifs is 3. The van der Waals surface area contributed by atoms with Crippen LogP contribution in [0.2, 0.25) is 0 Å². The predicted octanol–water partition coefficient (Wildman–Crippen LogP) is 4.40. The molecule has 7 rings (SSSR count). The van der Waals surface area contributed by atoms with E-state index >= 15 is 0 Å². The van der Waals surface area contributed by atoms with Gasteiger partial charge in [-0.3, -0.25) is 4.98 Å². The first-order chi connectivity index (χ1) is 21.9. The molecule has 5 heterocycles. The molecule has 13 heteroatoms. The molecule has 2 fully saturated rings. The number of hydrogen-bond donors (Lipinski definition) is 2. The highest BCUT2D eigenvalue weighted by Gasteiger charge is 2.31. The monoisotopic (exact) mass is 626 g/mol. The summed E-state index contributed by atoms with van der Waals surface area (Å²) in [4.78, 5) is 30.8. The first-order valence-corrected chi connectivity index (χ1v) is 16.5. The van der Waals surface area contributed by atoms with E-state index in [9.17, 15) is 13.2 Å². The van der Waals surface area contributed by atoms with Crippen molar-refractivity contribution in [2.75, 3.05) is 62.0 Å². The van der Waals surface area contributed by atoms with Crippen molar-refractivity contribution >= 4 is 55.1 Å². The predicted molar refractivity (Wildman–Crippen MR) is 175 cm³/mol. The first-order valence-electron chi connectivity index (χ1n) is 15.0. The number of anilines is 3. The van der Waals surface area contributed by atoms with E-state index in [1.54, 1.807) is 42.9 Å². The lowest BCUT2D eigenvalue weighted by Crippen LogP contribution is -2.39. The fraction of sp³-hybridized carbons (Fsp3) is 0.312. The van der Waals surface area contributed by atoms with E-state index in [0.29, 0.717) is 67.4 Å². The Morgan fingerprint density at radius 2 is 1.53 bits per heavy atom. The average Bonchev–Trinajstić information content (AvgIpc) is 3.52. The van der Waals surface area contributed by atoms with Crippen LogP contribution in [0, 0.1) is 0 Å². The maximum absolute atomic E-state index is 13.8. The largest absolute Gasteiger partial charge is 0.378 e. The summed E-state index contributed by atoms with van der Waals surface area (Å²) >= 11 is 0. The summed E-state index contributed by atoms with van der Waals surface area (Å²) in [6, 6.07) is 16.0. The number of carbonyl (C=O) groups is 1. The summed E-state index contributed by atoms with van der Waals surface area (Å²) < 4.78 is 34.6. The molecule has 2 aliphatic heterocycles. The van der Waals surface area contributed by atoms with Gasteiger partial charge in [0.25, 0.3) is 0 Å². The maximum Gasteiger partial charge on any atom is 0.323 e. The first kappa shape index (κ1) is 29.1. The van der Waals surface area contributed by atoms with Gasteiger partial charge in [0.1, 0.15) is 5.82 Å². The molecule has 0 atom stereocenters. The van der Waals surface area contributed by atoms with Crippen LogP contribution in [0.3, 0.4) is 0 Å². The Bertz CT molecular complexity index is 1950. The molecule has 2 amide bonds. The summed E-state index contributed by atoms with van der Waals surface area (Å²) in [6.45, 7) is 4.08. The third-order valence-corrected chi connectivity index (χ3v) is 10.7. The third kappa shape index (κ3) is 5.81. The van der Waals surface area contributed by atoms with Gasteiger partial charge in [0, 0.05) is 59.4 Å². The number of nitrogens with one attached hydrogen (secondary N) is 2. The van der Waals surface area contributed by atoms with Crippen molar-refractivity contribution < 1.29 is 17.9 Å². The Kier molecular flexibility index (Phi) is 7.81. The van der Waals surface area contributed by atoms with E-state index < -0.39 is 15.3 Å². The number of piperidine rings is 1. The molecule has 0 spiro atoms. The van der Waals surface area contributed by atoms with Crippen LogP contribution in [0.15, 0.2) is 73.2 Å². The van der Waals surface area contributed by atoms with Gasteiger partial charge in [-0.2, -0.15) is 0 Å². The van der Waals surface area contributed by atoms with Gasteiger partial charge in [0.05, 0.1) is 29.5 Å². The van der Waals surface area contributed by atoms with E-state index in [4.69, 9.17) is 14.7 Å². The molecular formula is C32H34N8O4S. The van der Waals surface area contributed by atoms with Crippen LogP contribution >= 0.6 is 0 Å². The van der Waals surface area contributed by atoms with Crippen molar-refractivity contribution in [2.24, 2.45) is 0 Å². The molecule has 3 aromatic heterocycles. The minimum atomic E-state index is -3.59. The molecule has 0 saturated carbocycles. The lowest BCUT2D eigenvalue weighted by molar-refractivity contribution is 0.122. The van der Waals surface area contributed by atoms with Crippen LogP contribution in [-0.4, -0.2) is 90.0 Å². The van der Waals surface area contributed by atoms with Crippen LogP contribution in [-0.2, 0) is 14.8 Å². The van der Waals surface area contributed by atoms with Crippen molar-refractivity contribution in [1.82, 2.24) is 23.8 Å². The molecular weight excluding hydrogens is 592 g/mol. The molecule has 5 aromatic rings. The number of amides is 2. The number of nitrogens with zero attached hydrogens (tertiary/aromatic N) is 6. The lowest BCUT2D eigenvalue weighted by Gasteiger charge is -2.29. The molecule has 0 aliphatic carbocycles. The Morgan fingerprint density at radius 1 is 0.844 bits per heavy atom. The summed E-state index contributed by atoms with van der Waals surface area (Å²) in [6.07, 6.45) is 6.09. The Labute approximate surface area is 261 Å². The molecule has 2 aromatic carbocycles. The second-order valence-electron chi connectivity index (χ2n) is 11.4. The van der Waals surface area contributed by atoms with Crippen molar-refractivity contribution in [3.63, 3.8) is 0 Å². The highest BCUT2D eigenvalue weighted by atomic mass is 32.2. The number of aromatic nitrogens is 4. The summed E-state index contributed by atoms with van der Waals surface area (Å²) in [7, 11) is -1.57. The minimum Gasteiger partial charge on any atom is -0.378 e. The maximum atomic E-state index is 13.8. The van der Waals surface area contributed by atoms with Crippen molar-refractivity contribution in [3.05, 3.63) is 73.2 Å². The fourth-order valence-electron chi connectivity index (χ4n) is 6.01. The second kappa shape index (κ2) is 12.1. The summed E-state index contributed by atoms with van der Waals surface area (Å²) in [5.74, 6) is 1.29. The molecule has 0 radical (unpaired) electrons.